The number of ether oxygens (including phenoxy) is 1. The molecule has 0 fully saturated rings. The number of halogens is 2. The van der Waals surface area contributed by atoms with E-state index in [2.05, 4.69) is 15.6 Å². The normalized spacial score (nSPS) is 16.0. The quantitative estimate of drug-likeness (QED) is 0.437. The highest BCUT2D eigenvalue weighted by molar-refractivity contribution is 6.01. The minimum absolute atomic E-state index is 0.121. The molecule has 1 aliphatic rings. The van der Waals surface area contributed by atoms with Crippen LogP contribution in [0.25, 0.3) is 0 Å². The molecule has 1 unspecified atom stereocenters. The van der Waals surface area contributed by atoms with Crippen LogP contribution in [0, 0.1) is 0 Å². The van der Waals surface area contributed by atoms with Gasteiger partial charge in [0.05, 0.1) is 12.6 Å². The van der Waals surface area contributed by atoms with Crippen LogP contribution in [0.15, 0.2) is 35.5 Å². The van der Waals surface area contributed by atoms with Gasteiger partial charge in [0.2, 0.25) is 5.91 Å². The number of rotatable bonds is 8. The van der Waals surface area contributed by atoms with Crippen LogP contribution in [-0.4, -0.2) is 47.3 Å². The zero-order valence-corrected chi connectivity index (χ0v) is 17.7. The van der Waals surface area contributed by atoms with E-state index in [0.717, 1.165) is 6.92 Å². The third-order valence-electron chi connectivity index (χ3n) is 4.62. The second-order valence-electron chi connectivity index (χ2n) is 7.23. The molecule has 0 aliphatic carbocycles. The lowest BCUT2D eigenvalue weighted by Gasteiger charge is -2.27. The van der Waals surface area contributed by atoms with Crippen LogP contribution in [0.4, 0.5) is 14.6 Å². The number of hydrogen-bond acceptors (Lipinski definition) is 6. The zero-order valence-electron chi connectivity index (χ0n) is 17.7. The standard InChI is InChI=1S/C20H27F2N5O3/c1-11(17(23)30-10-20(4,21)22)8-16(24-5)12(2)27-9-15-14(19(27)29)6-7-25-18(15)26-13(3)28/h6-8,12,24H,9-10,23H2,1-5H3,(H,25,26,28)/b16-8-,17-11+. The van der Waals surface area contributed by atoms with Crippen molar-refractivity contribution in [2.24, 2.45) is 5.73 Å². The van der Waals surface area contributed by atoms with E-state index < -0.39 is 18.6 Å². The molecule has 1 aromatic heterocycles. The first-order valence-corrected chi connectivity index (χ1v) is 9.37. The maximum Gasteiger partial charge on any atom is 0.278 e. The van der Waals surface area contributed by atoms with Crippen molar-refractivity contribution in [3.8, 4) is 0 Å². The van der Waals surface area contributed by atoms with Crippen molar-refractivity contribution < 1.29 is 23.1 Å². The number of anilines is 1. The van der Waals surface area contributed by atoms with Crippen molar-refractivity contribution in [1.82, 2.24) is 15.2 Å². The Labute approximate surface area is 174 Å². The highest BCUT2D eigenvalue weighted by Gasteiger charge is 2.34. The molecule has 4 N–H and O–H groups in total. The van der Waals surface area contributed by atoms with Gasteiger partial charge in [-0.05, 0) is 26.0 Å². The molecule has 2 rings (SSSR count). The van der Waals surface area contributed by atoms with Crippen LogP contribution in [0.2, 0.25) is 0 Å². The molecule has 164 valence electrons. The van der Waals surface area contributed by atoms with Gasteiger partial charge in [-0.15, -0.1) is 0 Å². The average Bonchev–Trinajstić information content (AvgIpc) is 3.00. The van der Waals surface area contributed by atoms with Gasteiger partial charge < -0.3 is 26.0 Å². The molecule has 8 nitrogen and oxygen atoms in total. The number of carbonyl (C=O) groups is 2. The van der Waals surface area contributed by atoms with E-state index in [1.807, 2.05) is 6.92 Å². The van der Waals surface area contributed by atoms with Gasteiger partial charge in [-0.3, -0.25) is 9.59 Å². The fraction of sp³-hybridized carbons (Fsp3) is 0.450. The molecular formula is C20H27F2N5O3. The number of amides is 2. The van der Waals surface area contributed by atoms with Crippen molar-refractivity contribution in [2.45, 2.75) is 46.2 Å². The Morgan fingerprint density at radius 2 is 2.13 bits per heavy atom. The second-order valence-corrected chi connectivity index (χ2v) is 7.23. The molecule has 10 heteroatoms. The van der Waals surface area contributed by atoms with Crippen LogP contribution in [0.3, 0.4) is 0 Å². The number of allylic oxidation sites excluding steroid dienone is 2. The summed E-state index contributed by atoms with van der Waals surface area (Å²) < 4.78 is 30.9. The summed E-state index contributed by atoms with van der Waals surface area (Å²) in [5.74, 6) is -3.25. The first-order valence-electron chi connectivity index (χ1n) is 9.37. The fourth-order valence-electron chi connectivity index (χ4n) is 3.03. The van der Waals surface area contributed by atoms with Crippen LogP contribution in [0.1, 0.15) is 43.6 Å². The largest absolute Gasteiger partial charge is 0.473 e. The number of nitrogens with one attached hydrogen (secondary N) is 2. The number of aromatic nitrogens is 1. The van der Waals surface area contributed by atoms with Crippen LogP contribution >= 0.6 is 0 Å². The first kappa shape index (κ1) is 23.1. The van der Waals surface area contributed by atoms with Gasteiger partial charge in [-0.25, -0.2) is 13.8 Å². The summed E-state index contributed by atoms with van der Waals surface area (Å²) in [5.41, 5.74) is 7.96. The first-order chi connectivity index (χ1) is 13.9. The van der Waals surface area contributed by atoms with Crippen molar-refractivity contribution in [3.05, 3.63) is 46.6 Å². The third kappa shape index (κ3) is 5.46. The summed E-state index contributed by atoms with van der Waals surface area (Å²) in [5, 5.41) is 5.66. The highest BCUT2D eigenvalue weighted by Crippen LogP contribution is 2.30. The molecule has 0 bridgehead atoms. The van der Waals surface area contributed by atoms with Gasteiger partial charge >= 0.3 is 0 Å². The van der Waals surface area contributed by atoms with E-state index in [9.17, 15) is 18.4 Å². The summed E-state index contributed by atoms with van der Waals surface area (Å²) in [6, 6.07) is 1.22. The molecular weight excluding hydrogens is 396 g/mol. The van der Waals surface area contributed by atoms with Crippen LogP contribution < -0.4 is 16.4 Å². The molecule has 2 heterocycles. The number of nitrogens with zero attached hydrogens (tertiary/aromatic N) is 2. The topological polar surface area (TPSA) is 110 Å². The number of nitrogens with two attached hydrogens (primary N) is 1. The number of hydrogen-bond donors (Lipinski definition) is 3. The Morgan fingerprint density at radius 3 is 2.70 bits per heavy atom. The Morgan fingerprint density at radius 1 is 1.47 bits per heavy atom. The molecule has 0 saturated carbocycles. The smallest absolute Gasteiger partial charge is 0.278 e. The predicted molar refractivity (Wildman–Crippen MR) is 108 cm³/mol. The summed E-state index contributed by atoms with van der Waals surface area (Å²) in [4.78, 5) is 30.1. The van der Waals surface area contributed by atoms with Gasteiger partial charge in [0.25, 0.3) is 11.8 Å². The monoisotopic (exact) mass is 423 g/mol. The number of carbonyl (C=O) groups excluding carboxylic acids is 2. The van der Waals surface area contributed by atoms with Gasteiger partial charge in [0.15, 0.2) is 12.5 Å². The SMILES string of the molecule is CN/C(=C\C(C)=C(/N)OCC(C)(F)F)C(C)N1Cc2c(ccnc2NC(C)=O)C1=O. The highest BCUT2D eigenvalue weighted by atomic mass is 19.3. The fourth-order valence-corrected chi connectivity index (χ4v) is 3.03. The maximum absolute atomic E-state index is 13.0. The lowest BCUT2D eigenvalue weighted by Crippen LogP contribution is -2.38. The van der Waals surface area contributed by atoms with E-state index in [1.54, 1.807) is 31.0 Å². The van der Waals surface area contributed by atoms with E-state index >= 15 is 0 Å². The van der Waals surface area contributed by atoms with E-state index in [0.29, 0.717) is 28.2 Å². The summed E-state index contributed by atoms with van der Waals surface area (Å²) >= 11 is 0. The summed E-state index contributed by atoms with van der Waals surface area (Å²) in [6.45, 7) is 5.00. The molecule has 30 heavy (non-hydrogen) atoms. The van der Waals surface area contributed by atoms with Crippen molar-refractivity contribution in [3.63, 3.8) is 0 Å². The average molecular weight is 423 g/mol. The molecule has 0 radical (unpaired) electrons. The number of alkyl halides is 2. The lowest BCUT2D eigenvalue weighted by molar-refractivity contribution is -0.114. The molecule has 1 atom stereocenters. The second kappa shape index (κ2) is 9.10. The molecule has 1 aliphatic heterocycles. The van der Waals surface area contributed by atoms with Gasteiger partial charge in [0, 0.05) is 49.5 Å². The van der Waals surface area contributed by atoms with E-state index in [-0.39, 0.29) is 24.2 Å². The number of likely N-dealkylation sites (N-methyl/N-ethyl adjacent to an activating group) is 1. The van der Waals surface area contributed by atoms with Gasteiger partial charge in [0.1, 0.15) is 5.82 Å². The third-order valence-corrected chi connectivity index (χ3v) is 4.62. The zero-order chi connectivity index (χ0) is 22.6. The van der Waals surface area contributed by atoms with Gasteiger partial charge in [-0.1, -0.05) is 0 Å². The summed E-state index contributed by atoms with van der Waals surface area (Å²) in [6.07, 6.45) is 3.12. The molecule has 0 aromatic carbocycles. The van der Waals surface area contributed by atoms with Crippen molar-refractivity contribution in [1.29, 1.82) is 0 Å². The Balaban J connectivity index is 2.25. The Hall–Kier alpha value is -3.17. The Bertz CT molecular complexity index is 893. The van der Waals surface area contributed by atoms with E-state index in [1.165, 1.54) is 13.1 Å². The minimum Gasteiger partial charge on any atom is -0.473 e. The maximum atomic E-state index is 13.0. The minimum atomic E-state index is -3.00. The van der Waals surface area contributed by atoms with Crippen LogP contribution in [0.5, 0.6) is 0 Å². The van der Waals surface area contributed by atoms with Crippen molar-refractivity contribution in [2.75, 3.05) is 19.0 Å². The molecule has 0 saturated heterocycles. The van der Waals surface area contributed by atoms with E-state index in [4.69, 9.17) is 10.5 Å². The number of fused-ring (bicyclic) bond motifs is 1. The molecule has 1 aromatic rings. The predicted octanol–water partition coefficient (Wildman–Crippen LogP) is 2.35. The molecule has 2 amide bonds. The number of pyridine rings is 1. The summed E-state index contributed by atoms with van der Waals surface area (Å²) in [7, 11) is 1.69. The molecule has 0 spiro atoms. The lowest BCUT2D eigenvalue weighted by atomic mass is 10.1. The van der Waals surface area contributed by atoms with Gasteiger partial charge in [-0.2, -0.15) is 0 Å². The van der Waals surface area contributed by atoms with Crippen molar-refractivity contribution >= 4 is 17.6 Å². The Kier molecular flexibility index (Phi) is 7.01. The van der Waals surface area contributed by atoms with Crippen LogP contribution in [-0.2, 0) is 16.1 Å².